The van der Waals surface area contributed by atoms with Gasteiger partial charge in [0.15, 0.2) is 23.1 Å². The number of aromatic nitrogens is 4. The second kappa shape index (κ2) is 13.6. The Bertz CT molecular complexity index is 4330. The van der Waals surface area contributed by atoms with Gasteiger partial charge in [0, 0.05) is 78.6 Å². The fourth-order valence-electron chi connectivity index (χ4n) is 10.5. The van der Waals surface area contributed by atoms with Crippen LogP contribution in [0.2, 0.25) is 0 Å². The van der Waals surface area contributed by atoms with Gasteiger partial charge in [0.1, 0.15) is 5.58 Å². The summed E-state index contributed by atoms with van der Waals surface area (Å²) in [5, 5.41) is 13.8. The Hall–Kier alpha value is -8.23. The Morgan fingerprint density at radius 3 is 1.33 bits per heavy atom. The Kier molecular flexibility index (Phi) is 7.47. The zero-order valence-electron chi connectivity index (χ0n) is 35.0. The second-order valence-corrected chi connectivity index (χ2v) is 19.2. The summed E-state index contributed by atoms with van der Waals surface area (Å²) < 4.78 is 14.3. The molecule has 0 fully saturated rings. The topological polar surface area (TPSA) is 56.7 Å². The fourth-order valence-corrected chi connectivity index (χ4v) is 12.7. The van der Waals surface area contributed by atoms with Crippen LogP contribution in [0.15, 0.2) is 199 Å². The predicted molar refractivity (Wildman–Crippen MR) is 279 cm³/mol. The van der Waals surface area contributed by atoms with Crippen LogP contribution in [-0.2, 0) is 0 Å². The maximum absolute atomic E-state index is 7.07. The summed E-state index contributed by atoms with van der Waals surface area (Å²) >= 11 is 3.60. The highest BCUT2D eigenvalue weighted by Crippen LogP contribution is 2.46. The van der Waals surface area contributed by atoms with Crippen molar-refractivity contribution in [1.82, 2.24) is 19.5 Å². The molecule has 0 radical (unpaired) electrons. The summed E-state index contributed by atoms with van der Waals surface area (Å²) in [4.78, 5) is 16.4. The summed E-state index contributed by atoms with van der Waals surface area (Å²) in [5.41, 5.74) is 7.60. The molecular formula is C59H32N4OS2. The third kappa shape index (κ3) is 5.18. The van der Waals surface area contributed by atoms with Gasteiger partial charge in [-0.25, -0.2) is 15.0 Å². The number of nitrogens with zero attached hydrogens (tertiary/aromatic N) is 4. The van der Waals surface area contributed by atoms with Gasteiger partial charge in [0.25, 0.3) is 0 Å². The largest absolute Gasteiger partial charge is 0.454 e. The first-order valence-corrected chi connectivity index (χ1v) is 23.7. The van der Waals surface area contributed by atoms with Crippen molar-refractivity contribution >= 4 is 128 Å². The number of thiophene rings is 2. The SMILES string of the molecule is c1ccc2cc3c(cc2c1)c1cc2ccccc2cc1n3-c1ccc(-c2nc(-c3cccc4sc5ccccc5c34)nc(-c3cccc4sc5ccccc5c34)n2)c2c1oc1ccccc12. The molecule has 5 aromatic heterocycles. The van der Waals surface area contributed by atoms with E-state index in [-0.39, 0.29) is 0 Å². The molecule has 7 heteroatoms. The first kappa shape index (κ1) is 36.1. The summed E-state index contributed by atoms with van der Waals surface area (Å²) in [6.45, 7) is 0. The maximum Gasteiger partial charge on any atom is 0.164 e. The molecule has 306 valence electrons. The minimum atomic E-state index is 0.588. The van der Waals surface area contributed by atoms with Crippen LogP contribution in [0.4, 0.5) is 0 Å². The molecule has 0 unspecified atom stereocenters. The average Bonchev–Trinajstić information content (AvgIpc) is 4.14. The lowest BCUT2D eigenvalue weighted by Gasteiger charge is -2.13. The van der Waals surface area contributed by atoms with E-state index in [1.807, 2.05) is 6.07 Å². The van der Waals surface area contributed by atoms with Crippen LogP contribution in [0.3, 0.4) is 0 Å². The monoisotopic (exact) mass is 876 g/mol. The summed E-state index contributed by atoms with van der Waals surface area (Å²) in [7, 11) is 0. The molecule has 0 bridgehead atoms. The van der Waals surface area contributed by atoms with Gasteiger partial charge in [-0.2, -0.15) is 0 Å². The van der Waals surface area contributed by atoms with Crippen LogP contribution in [0.25, 0.3) is 145 Å². The Morgan fingerprint density at radius 1 is 0.348 bits per heavy atom. The van der Waals surface area contributed by atoms with E-state index in [1.54, 1.807) is 22.7 Å². The molecule has 66 heavy (non-hydrogen) atoms. The summed E-state index contributed by atoms with van der Waals surface area (Å²) in [6, 6.07) is 69.5. The van der Waals surface area contributed by atoms with Gasteiger partial charge in [-0.1, -0.05) is 127 Å². The lowest BCUT2D eigenvalue weighted by atomic mass is 10.0. The standard InChI is InChI=1S/C59H32N4OS2/c1-3-15-35-31-46-43(29-33(35)13-1)44-30-34-14-2-4-16-36(34)32-47(44)63(46)45-28-27-42(55-37-17-5-8-22-48(37)64-56(45)55)59-61-57(40-20-11-25-51-53(40)38-18-6-9-23-49(38)65-51)60-58(62-59)41-21-12-26-52-54(41)39-19-7-10-24-50(39)66-52/h1-32H. The van der Waals surface area contributed by atoms with Gasteiger partial charge in [0.2, 0.25) is 0 Å². The lowest BCUT2D eigenvalue weighted by Crippen LogP contribution is -2.02. The number of para-hydroxylation sites is 1. The number of fused-ring (bicyclic) bond motifs is 14. The molecule has 15 rings (SSSR count). The van der Waals surface area contributed by atoms with Crippen LogP contribution >= 0.6 is 22.7 Å². The minimum absolute atomic E-state index is 0.588. The van der Waals surface area contributed by atoms with E-state index in [4.69, 9.17) is 19.4 Å². The molecule has 5 heterocycles. The molecule has 10 aromatic carbocycles. The van der Waals surface area contributed by atoms with Crippen molar-refractivity contribution in [2.75, 3.05) is 0 Å². The van der Waals surface area contributed by atoms with Gasteiger partial charge in [-0.15, -0.1) is 22.7 Å². The summed E-state index contributed by atoms with van der Waals surface area (Å²) in [6.07, 6.45) is 0. The lowest BCUT2D eigenvalue weighted by molar-refractivity contribution is 0.666. The molecule has 0 N–H and O–H groups in total. The van der Waals surface area contributed by atoms with Crippen LogP contribution in [0.5, 0.6) is 0 Å². The van der Waals surface area contributed by atoms with Crippen LogP contribution in [0, 0.1) is 0 Å². The molecule has 0 spiro atoms. The number of benzene rings is 10. The predicted octanol–water partition coefficient (Wildman–Crippen LogP) is 16.9. The molecule has 5 nitrogen and oxygen atoms in total. The molecule has 0 saturated heterocycles. The Morgan fingerprint density at radius 2 is 0.788 bits per heavy atom. The van der Waals surface area contributed by atoms with Crippen molar-refractivity contribution in [3.05, 3.63) is 194 Å². The van der Waals surface area contributed by atoms with E-state index >= 15 is 0 Å². The molecule has 0 aliphatic rings. The molecule has 0 aliphatic heterocycles. The second-order valence-electron chi connectivity index (χ2n) is 17.1. The van der Waals surface area contributed by atoms with Gasteiger partial charge < -0.3 is 8.98 Å². The number of furan rings is 1. The third-order valence-corrected chi connectivity index (χ3v) is 15.7. The number of rotatable bonds is 4. The fraction of sp³-hybridized carbons (Fsp3) is 0. The van der Waals surface area contributed by atoms with Gasteiger partial charge in [0.05, 0.1) is 16.7 Å². The highest BCUT2D eigenvalue weighted by Gasteiger charge is 2.25. The number of hydrogen-bond donors (Lipinski definition) is 0. The molecular weight excluding hydrogens is 845 g/mol. The summed E-state index contributed by atoms with van der Waals surface area (Å²) in [5.74, 6) is 1.85. The van der Waals surface area contributed by atoms with E-state index in [1.165, 1.54) is 61.9 Å². The highest BCUT2D eigenvalue weighted by molar-refractivity contribution is 7.26. The number of hydrogen-bond acceptors (Lipinski definition) is 6. The molecule has 15 aromatic rings. The van der Waals surface area contributed by atoms with E-state index in [9.17, 15) is 0 Å². The molecule has 0 atom stereocenters. The van der Waals surface area contributed by atoms with Crippen molar-refractivity contribution < 1.29 is 4.42 Å². The molecule has 0 amide bonds. The Balaban J connectivity index is 1.05. The average molecular weight is 877 g/mol. The van der Waals surface area contributed by atoms with Crippen molar-refractivity contribution in [2.45, 2.75) is 0 Å². The van der Waals surface area contributed by atoms with Crippen molar-refractivity contribution in [3.63, 3.8) is 0 Å². The van der Waals surface area contributed by atoms with Crippen LogP contribution in [-0.4, -0.2) is 19.5 Å². The van der Waals surface area contributed by atoms with Crippen LogP contribution in [0.1, 0.15) is 0 Å². The zero-order valence-corrected chi connectivity index (χ0v) is 36.6. The Labute approximate surface area is 384 Å². The molecule has 0 saturated carbocycles. The van der Waals surface area contributed by atoms with Gasteiger partial charge in [-0.3, -0.25) is 0 Å². The zero-order chi connectivity index (χ0) is 43.0. The van der Waals surface area contributed by atoms with E-state index < -0.39 is 0 Å². The maximum atomic E-state index is 7.07. The highest BCUT2D eigenvalue weighted by atomic mass is 32.1. The first-order chi connectivity index (χ1) is 32.7. The van der Waals surface area contributed by atoms with E-state index in [0.717, 1.165) is 66.1 Å². The van der Waals surface area contributed by atoms with Gasteiger partial charge >= 0.3 is 0 Å². The third-order valence-electron chi connectivity index (χ3n) is 13.4. The molecule has 0 aliphatic carbocycles. The van der Waals surface area contributed by atoms with Gasteiger partial charge in [-0.05, 0) is 88.3 Å². The first-order valence-electron chi connectivity index (χ1n) is 22.1. The quantitative estimate of drug-likeness (QED) is 0.177. The van der Waals surface area contributed by atoms with Crippen molar-refractivity contribution in [3.8, 4) is 39.9 Å². The van der Waals surface area contributed by atoms with E-state index in [2.05, 4.69) is 193 Å². The van der Waals surface area contributed by atoms with Crippen molar-refractivity contribution in [1.29, 1.82) is 0 Å². The van der Waals surface area contributed by atoms with Crippen molar-refractivity contribution in [2.24, 2.45) is 0 Å². The van der Waals surface area contributed by atoms with E-state index in [0.29, 0.717) is 17.5 Å². The normalized spacial score (nSPS) is 12.2. The smallest absolute Gasteiger partial charge is 0.164 e. The minimum Gasteiger partial charge on any atom is -0.454 e. The van der Waals surface area contributed by atoms with Crippen LogP contribution < -0.4 is 0 Å².